The summed E-state index contributed by atoms with van der Waals surface area (Å²) >= 11 is 28.2. The Kier molecular flexibility index (Phi) is 8.28. The number of rotatable bonds is 7. The zero-order chi connectivity index (χ0) is 39.5. The van der Waals surface area contributed by atoms with Crippen LogP contribution in [0.1, 0.15) is 72.1 Å². The quantitative estimate of drug-likeness (QED) is 0.0525. The number of aromatic carboxylic acids is 1. The number of fused-ring (bicyclic) bond motifs is 2. The fourth-order valence-corrected chi connectivity index (χ4v) is 8.53. The van der Waals surface area contributed by atoms with Crippen LogP contribution in [0.25, 0.3) is 43.1 Å². The second-order valence-electron chi connectivity index (χ2n) is 12.9. The predicted molar refractivity (Wildman–Crippen MR) is 209 cm³/mol. The highest BCUT2D eigenvalue weighted by molar-refractivity contribution is 6.56. The monoisotopic (exact) mass is 811 g/mol. The van der Waals surface area contributed by atoms with Crippen molar-refractivity contribution >= 4 is 131 Å². The number of hydrogen-bond acceptors (Lipinski definition) is 7. The molecule has 5 aromatic carbocycles. The van der Waals surface area contributed by atoms with Gasteiger partial charge in [0.1, 0.15) is 5.82 Å². The first-order valence-electron chi connectivity index (χ1n) is 16.3. The number of carbonyl (C=O) groups is 6. The number of amides is 4. The van der Waals surface area contributed by atoms with Crippen molar-refractivity contribution in [2.75, 3.05) is 4.90 Å². The number of benzene rings is 5. The SMILES string of the molecule is C=C(CC)/C(=C\C=C(/C)C(=O)O)N1C(=O)c2cc(Cl)c3c4c(Cl)cc5c6c(cc(Cl)c(c7c(Cl)cc(c2c37)C1=O)c64)C(=O)N(c1ccc(C(=O)O)cn1)C5=O. The second-order valence-corrected chi connectivity index (χ2v) is 14.5. The number of carboxylic acid groups (broad SMARTS) is 2. The van der Waals surface area contributed by atoms with E-state index in [0.29, 0.717) is 22.8 Å². The van der Waals surface area contributed by atoms with Gasteiger partial charge in [-0.2, -0.15) is 0 Å². The molecule has 0 unspecified atom stereocenters. The maximum Gasteiger partial charge on any atom is 0.337 e. The van der Waals surface area contributed by atoms with Gasteiger partial charge in [0.2, 0.25) is 0 Å². The lowest BCUT2D eigenvalue weighted by Crippen LogP contribution is -2.41. The van der Waals surface area contributed by atoms with Crippen molar-refractivity contribution in [3.8, 4) is 0 Å². The van der Waals surface area contributed by atoms with Gasteiger partial charge >= 0.3 is 11.9 Å². The van der Waals surface area contributed by atoms with Crippen molar-refractivity contribution in [2.45, 2.75) is 20.3 Å². The number of carboxylic acids is 2. The normalized spacial score (nSPS) is 14.7. The van der Waals surface area contributed by atoms with Gasteiger partial charge in [0, 0.05) is 75.0 Å². The van der Waals surface area contributed by atoms with Gasteiger partial charge in [-0.1, -0.05) is 59.9 Å². The topological polar surface area (TPSA) is 162 Å². The third-order valence-corrected chi connectivity index (χ3v) is 11.1. The summed E-state index contributed by atoms with van der Waals surface area (Å²) in [5, 5.41) is 21.0. The average molecular weight is 813 g/mol. The van der Waals surface area contributed by atoms with Crippen molar-refractivity contribution in [1.82, 2.24) is 9.88 Å². The minimum absolute atomic E-state index is 0.0188. The fraction of sp³-hybridized carbons (Fsp3) is 0.0750. The maximum absolute atomic E-state index is 14.4. The van der Waals surface area contributed by atoms with Crippen molar-refractivity contribution < 1.29 is 39.0 Å². The molecule has 6 aromatic rings. The van der Waals surface area contributed by atoms with Gasteiger partial charge in [0.25, 0.3) is 23.6 Å². The summed E-state index contributed by atoms with van der Waals surface area (Å²) in [6, 6.07) is 8.00. The molecule has 15 heteroatoms. The van der Waals surface area contributed by atoms with Crippen LogP contribution in [0.4, 0.5) is 5.82 Å². The molecule has 4 amide bonds. The molecule has 0 radical (unpaired) electrons. The molecule has 0 bridgehead atoms. The Morgan fingerprint density at radius 2 is 1.13 bits per heavy atom. The Bertz CT molecular complexity index is 2840. The lowest BCUT2D eigenvalue weighted by atomic mass is 9.81. The standard InChI is InChI=1S/C40H21Cl4N3O8/c1-4-14(2)25(7-5-15(3)39(52)53)46-35(48)17-9-21(41)29-31-23(43)11-19-28-20(38(51)47(37(19)50)26-8-6-16(13-45-26)40(54)55)12-24(44)32(34(28)31)30-22(42)10-18(36(46)49)27(17)33(29)30/h5-13H,2,4H2,1,3H3,(H,52,53)(H,54,55)/b15-5+,25-7+. The van der Waals surface area contributed by atoms with Crippen LogP contribution in [0.3, 0.4) is 0 Å². The van der Waals surface area contributed by atoms with Crippen LogP contribution < -0.4 is 4.90 Å². The van der Waals surface area contributed by atoms with E-state index in [1.165, 1.54) is 55.5 Å². The van der Waals surface area contributed by atoms with Crippen LogP contribution in [0.5, 0.6) is 0 Å². The highest BCUT2D eigenvalue weighted by Gasteiger charge is 2.41. The molecule has 0 spiro atoms. The molecule has 2 aliphatic heterocycles. The maximum atomic E-state index is 14.4. The first-order valence-corrected chi connectivity index (χ1v) is 17.8. The van der Waals surface area contributed by atoms with Crippen molar-refractivity contribution in [3.05, 3.63) is 126 Å². The summed E-state index contributed by atoms with van der Waals surface area (Å²) in [6.07, 6.45) is 3.97. The molecule has 0 saturated carbocycles. The Morgan fingerprint density at radius 3 is 1.49 bits per heavy atom. The van der Waals surface area contributed by atoms with Crippen molar-refractivity contribution in [3.63, 3.8) is 0 Å². The molecule has 2 aliphatic rings. The summed E-state index contributed by atoms with van der Waals surface area (Å²) in [5.41, 5.74) is 0.374. The van der Waals surface area contributed by atoms with E-state index < -0.39 is 35.6 Å². The van der Waals surface area contributed by atoms with Gasteiger partial charge in [-0.15, -0.1) is 0 Å². The van der Waals surface area contributed by atoms with Gasteiger partial charge in [-0.25, -0.2) is 24.4 Å². The Morgan fingerprint density at radius 1 is 0.691 bits per heavy atom. The van der Waals surface area contributed by atoms with Gasteiger partial charge in [0.05, 0.1) is 33.5 Å². The summed E-state index contributed by atoms with van der Waals surface area (Å²) in [5.74, 6) is -5.64. The molecule has 11 nitrogen and oxygen atoms in total. The predicted octanol–water partition coefficient (Wildman–Crippen LogP) is 9.72. The van der Waals surface area contributed by atoms with E-state index in [9.17, 15) is 39.0 Å². The molecule has 3 heterocycles. The number of pyridine rings is 1. The zero-order valence-corrected chi connectivity index (χ0v) is 31.3. The summed E-state index contributed by atoms with van der Waals surface area (Å²) in [7, 11) is 0. The number of halogens is 4. The molecule has 55 heavy (non-hydrogen) atoms. The minimum atomic E-state index is -1.24. The number of carbonyl (C=O) groups excluding carboxylic acids is 4. The van der Waals surface area contributed by atoms with Crippen LogP contribution in [-0.4, -0.2) is 55.7 Å². The van der Waals surface area contributed by atoms with Crippen LogP contribution in [0.2, 0.25) is 20.1 Å². The van der Waals surface area contributed by atoms with Crippen LogP contribution in [-0.2, 0) is 4.79 Å². The number of aliphatic carboxylic acids is 1. The van der Waals surface area contributed by atoms with Crippen LogP contribution in [0.15, 0.2) is 78.2 Å². The third kappa shape index (κ3) is 5.00. The van der Waals surface area contributed by atoms with E-state index in [-0.39, 0.29) is 97.3 Å². The smallest absolute Gasteiger partial charge is 0.337 e. The van der Waals surface area contributed by atoms with E-state index in [1.807, 2.05) is 0 Å². The zero-order valence-electron chi connectivity index (χ0n) is 28.3. The number of anilines is 1. The van der Waals surface area contributed by atoms with Gasteiger partial charge in [-0.05, 0) is 67.5 Å². The average Bonchev–Trinajstić information content (AvgIpc) is 3.15. The minimum Gasteiger partial charge on any atom is -0.478 e. The summed E-state index contributed by atoms with van der Waals surface area (Å²) in [4.78, 5) is 85.9. The molecule has 0 fully saturated rings. The lowest BCUT2D eigenvalue weighted by molar-refractivity contribution is -0.132. The fourth-order valence-electron chi connectivity index (χ4n) is 7.34. The molecule has 0 atom stereocenters. The van der Waals surface area contributed by atoms with E-state index in [2.05, 4.69) is 11.6 Å². The van der Waals surface area contributed by atoms with E-state index in [0.717, 1.165) is 16.0 Å². The molecule has 1 aromatic heterocycles. The number of allylic oxidation sites excluding steroid dienone is 3. The van der Waals surface area contributed by atoms with Gasteiger partial charge in [-0.3, -0.25) is 19.2 Å². The highest BCUT2D eigenvalue weighted by Crippen LogP contribution is 2.54. The first kappa shape index (κ1) is 36.1. The third-order valence-electron chi connectivity index (χ3n) is 9.93. The van der Waals surface area contributed by atoms with Gasteiger partial charge < -0.3 is 10.2 Å². The second kappa shape index (κ2) is 12.6. The largest absolute Gasteiger partial charge is 0.478 e. The van der Waals surface area contributed by atoms with Crippen LogP contribution in [0, 0.1) is 0 Å². The molecule has 8 rings (SSSR count). The number of hydrogen-bond donors (Lipinski definition) is 2. The van der Waals surface area contributed by atoms with E-state index in [4.69, 9.17) is 46.4 Å². The molecule has 272 valence electrons. The van der Waals surface area contributed by atoms with Crippen molar-refractivity contribution in [2.24, 2.45) is 0 Å². The Labute approximate surface area is 329 Å². The van der Waals surface area contributed by atoms with E-state index >= 15 is 0 Å². The number of imide groups is 2. The highest BCUT2D eigenvalue weighted by atomic mass is 35.5. The summed E-state index contributed by atoms with van der Waals surface area (Å²) in [6.45, 7) is 7.15. The molecule has 0 saturated heterocycles. The van der Waals surface area contributed by atoms with E-state index in [1.54, 1.807) is 6.92 Å². The Hall–Kier alpha value is -5.85. The lowest BCUT2D eigenvalue weighted by Gasteiger charge is -2.32. The molecular weight excluding hydrogens is 792 g/mol. The van der Waals surface area contributed by atoms with Crippen LogP contribution >= 0.6 is 46.4 Å². The molecule has 0 aliphatic carbocycles. The molecule has 2 N–H and O–H groups in total. The van der Waals surface area contributed by atoms with Crippen molar-refractivity contribution in [1.29, 1.82) is 0 Å². The Balaban J connectivity index is 1.43. The first-order chi connectivity index (χ1) is 26.1. The van der Waals surface area contributed by atoms with Gasteiger partial charge in [0.15, 0.2) is 0 Å². The summed E-state index contributed by atoms with van der Waals surface area (Å²) < 4.78 is 0. The number of aromatic nitrogens is 1. The number of nitrogens with zero attached hydrogens (tertiary/aromatic N) is 3. The molecular formula is C40H21Cl4N3O8.